The number of methoxy groups -OCH3 is 1. The van der Waals surface area contributed by atoms with E-state index in [0.717, 1.165) is 0 Å². The second kappa shape index (κ2) is 10.8. The number of phenolic OH excluding ortho intramolecular Hbond substituents is 3. The Bertz CT molecular complexity index is 864. The first-order chi connectivity index (χ1) is 14.3. The zero-order valence-electron chi connectivity index (χ0n) is 16.8. The van der Waals surface area contributed by atoms with Crippen LogP contribution in [0.4, 0.5) is 0 Å². The number of rotatable bonds is 11. The van der Waals surface area contributed by atoms with Crippen molar-refractivity contribution in [2.45, 2.75) is 44.3 Å². The van der Waals surface area contributed by atoms with Crippen LogP contribution in [0.15, 0.2) is 30.3 Å². The Morgan fingerprint density at radius 3 is 2.33 bits per heavy atom. The van der Waals surface area contributed by atoms with Crippen molar-refractivity contribution in [3.05, 3.63) is 47.0 Å². The van der Waals surface area contributed by atoms with Gasteiger partial charge in [-0.3, -0.25) is 4.79 Å². The minimum atomic E-state index is -0.989. The molecule has 0 aliphatic heterocycles. The lowest BCUT2D eigenvalue weighted by molar-refractivity contribution is -0.121. The predicted octanol–water partition coefficient (Wildman–Crippen LogP) is 1.72. The van der Waals surface area contributed by atoms with Crippen LogP contribution in [0.3, 0.4) is 0 Å². The van der Waals surface area contributed by atoms with E-state index in [2.05, 4.69) is 0 Å². The molecule has 0 aromatic heterocycles. The summed E-state index contributed by atoms with van der Waals surface area (Å²) in [6.45, 7) is -0.579. The molecule has 8 heteroatoms. The molecule has 164 valence electrons. The highest BCUT2D eigenvalue weighted by atomic mass is 16.5. The Labute approximate surface area is 174 Å². The van der Waals surface area contributed by atoms with Gasteiger partial charge in [0.2, 0.25) is 0 Å². The number of hydrogen-bond donors (Lipinski definition) is 6. The first-order valence-electron chi connectivity index (χ1n) is 9.61. The van der Waals surface area contributed by atoms with Gasteiger partial charge in [0, 0.05) is 18.8 Å². The Balaban J connectivity index is 1.95. The van der Waals surface area contributed by atoms with Gasteiger partial charge < -0.3 is 35.4 Å². The van der Waals surface area contributed by atoms with E-state index >= 15 is 0 Å². The van der Waals surface area contributed by atoms with Gasteiger partial charge in [0.25, 0.3) is 0 Å². The minimum Gasteiger partial charge on any atom is -0.504 e. The quantitative estimate of drug-likeness (QED) is 0.301. The Hall–Kier alpha value is -2.81. The molecular weight excluding hydrogens is 392 g/mol. The van der Waals surface area contributed by atoms with Crippen LogP contribution in [-0.2, 0) is 17.8 Å². The van der Waals surface area contributed by atoms with E-state index < -0.39 is 12.0 Å². The Kier molecular flexibility index (Phi) is 8.46. The standard InChI is InChI=1S/C22H28O8/c1-30-22-9-14(16(12-24)8-21(22)29)2-4-17(25)10-18(26)6-15(11-23)13-3-5-19(27)20(28)7-13/h3,5,7-9,15,18,23-24,26-29H,2,4,6,10-12H2,1H3/t15-,18-/m1/s1. The number of phenols is 3. The summed E-state index contributed by atoms with van der Waals surface area (Å²) in [5, 5.41) is 58.1. The fraction of sp³-hybridized carbons (Fsp3) is 0.409. The summed E-state index contributed by atoms with van der Waals surface area (Å²) in [5.41, 5.74) is 1.71. The third-order valence-corrected chi connectivity index (χ3v) is 5.06. The lowest BCUT2D eigenvalue weighted by Crippen LogP contribution is -2.19. The van der Waals surface area contributed by atoms with Crippen LogP contribution in [0, 0.1) is 0 Å². The molecule has 0 fully saturated rings. The van der Waals surface area contributed by atoms with Crippen LogP contribution in [-0.4, -0.2) is 56.2 Å². The number of ketones is 1. The molecule has 0 aliphatic rings. The normalized spacial score (nSPS) is 13.1. The van der Waals surface area contributed by atoms with Gasteiger partial charge in [-0.15, -0.1) is 0 Å². The van der Waals surface area contributed by atoms with Crippen molar-refractivity contribution in [2.24, 2.45) is 0 Å². The average Bonchev–Trinajstić information content (AvgIpc) is 2.72. The van der Waals surface area contributed by atoms with Gasteiger partial charge in [0.1, 0.15) is 5.78 Å². The van der Waals surface area contributed by atoms with E-state index in [1.54, 1.807) is 12.1 Å². The maximum absolute atomic E-state index is 12.3. The highest BCUT2D eigenvalue weighted by Gasteiger charge is 2.20. The van der Waals surface area contributed by atoms with E-state index in [-0.39, 0.29) is 61.3 Å². The van der Waals surface area contributed by atoms with E-state index in [9.17, 15) is 35.4 Å². The molecular formula is C22H28O8. The molecule has 2 rings (SSSR count). The molecule has 2 aromatic rings. The molecule has 0 saturated carbocycles. The number of Topliss-reactive ketones (excluding diaryl/α,β-unsaturated/α-hetero) is 1. The summed E-state index contributed by atoms with van der Waals surface area (Å²) in [6, 6.07) is 7.13. The van der Waals surface area contributed by atoms with E-state index in [0.29, 0.717) is 23.1 Å². The van der Waals surface area contributed by atoms with Crippen molar-refractivity contribution in [1.29, 1.82) is 0 Å². The molecule has 2 aromatic carbocycles. The number of aliphatic hydroxyl groups is 3. The van der Waals surface area contributed by atoms with E-state index in [4.69, 9.17) is 4.74 Å². The fourth-order valence-electron chi connectivity index (χ4n) is 3.36. The maximum Gasteiger partial charge on any atom is 0.160 e. The van der Waals surface area contributed by atoms with Crippen LogP contribution >= 0.6 is 0 Å². The zero-order chi connectivity index (χ0) is 22.3. The molecule has 0 amide bonds. The van der Waals surface area contributed by atoms with Crippen molar-refractivity contribution >= 4 is 5.78 Å². The summed E-state index contributed by atoms with van der Waals surface area (Å²) in [4.78, 5) is 12.3. The third-order valence-electron chi connectivity index (χ3n) is 5.06. The first kappa shape index (κ1) is 23.5. The molecule has 0 unspecified atom stereocenters. The van der Waals surface area contributed by atoms with E-state index in [1.807, 2.05) is 0 Å². The predicted molar refractivity (Wildman–Crippen MR) is 109 cm³/mol. The van der Waals surface area contributed by atoms with Crippen molar-refractivity contribution in [2.75, 3.05) is 13.7 Å². The number of aliphatic hydroxyl groups excluding tert-OH is 3. The van der Waals surface area contributed by atoms with Crippen molar-refractivity contribution in [3.63, 3.8) is 0 Å². The smallest absolute Gasteiger partial charge is 0.160 e. The summed E-state index contributed by atoms with van der Waals surface area (Å²) < 4.78 is 5.06. The van der Waals surface area contributed by atoms with Crippen LogP contribution in [0.1, 0.15) is 41.9 Å². The number of carbonyl (C=O) groups is 1. The Morgan fingerprint density at radius 1 is 1.00 bits per heavy atom. The van der Waals surface area contributed by atoms with Crippen LogP contribution in [0.5, 0.6) is 23.0 Å². The van der Waals surface area contributed by atoms with Gasteiger partial charge >= 0.3 is 0 Å². The van der Waals surface area contributed by atoms with Crippen molar-refractivity contribution in [3.8, 4) is 23.0 Å². The van der Waals surface area contributed by atoms with Crippen molar-refractivity contribution in [1.82, 2.24) is 0 Å². The van der Waals surface area contributed by atoms with Crippen LogP contribution < -0.4 is 4.74 Å². The second-order valence-corrected chi connectivity index (χ2v) is 7.21. The molecule has 2 atom stereocenters. The number of aryl methyl sites for hydroxylation is 1. The number of ether oxygens (including phenoxy) is 1. The van der Waals surface area contributed by atoms with Gasteiger partial charge in [0.05, 0.1) is 26.4 Å². The number of aromatic hydroxyl groups is 3. The zero-order valence-corrected chi connectivity index (χ0v) is 16.8. The fourth-order valence-corrected chi connectivity index (χ4v) is 3.36. The largest absolute Gasteiger partial charge is 0.504 e. The molecule has 6 N–H and O–H groups in total. The first-order valence-corrected chi connectivity index (χ1v) is 9.61. The highest BCUT2D eigenvalue weighted by molar-refractivity contribution is 5.79. The average molecular weight is 420 g/mol. The van der Waals surface area contributed by atoms with Crippen LogP contribution in [0.25, 0.3) is 0 Å². The molecule has 0 spiro atoms. The minimum absolute atomic E-state index is 0.0950. The van der Waals surface area contributed by atoms with Gasteiger partial charge in [-0.1, -0.05) is 6.07 Å². The second-order valence-electron chi connectivity index (χ2n) is 7.21. The summed E-state index contributed by atoms with van der Waals surface area (Å²) in [7, 11) is 1.41. The van der Waals surface area contributed by atoms with E-state index in [1.165, 1.54) is 25.3 Å². The third kappa shape index (κ3) is 6.09. The van der Waals surface area contributed by atoms with Gasteiger partial charge in [-0.05, 0) is 53.8 Å². The SMILES string of the molecule is COc1cc(CCC(=O)C[C@H](O)C[C@H](CO)c2ccc(O)c(O)c2)c(CO)cc1O. The monoisotopic (exact) mass is 420 g/mol. The van der Waals surface area contributed by atoms with Gasteiger partial charge in [-0.2, -0.15) is 0 Å². The molecule has 0 radical (unpaired) electrons. The summed E-state index contributed by atoms with van der Waals surface area (Å²) >= 11 is 0. The maximum atomic E-state index is 12.3. The molecule has 0 saturated heterocycles. The number of benzene rings is 2. The summed E-state index contributed by atoms with van der Waals surface area (Å²) in [5.74, 6) is -1.13. The molecule has 8 nitrogen and oxygen atoms in total. The lowest BCUT2D eigenvalue weighted by Gasteiger charge is -2.19. The molecule has 0 heterocycles. The van der Waals surface area contributed by atoms with Crippen molar-refractivity contribution < 1.29 is 40.2 Å². The topological polar surface area (TPSA) is 148 Å². The van der Waals surface area contributed by atoms with Gasteiger partial charge in [-0.25, -0.2) is 0 Å². The number of carbonyl (C=O) groups excluding carboxylic acids is 1. The lowest BCUT2D eigenvalue weighted by atomic mass is 9.91. The summed E-state index contributed by atoms with van der Waals surface area (Å²) in [6.07, 6.45) is -0.543. The molecule has 0 aliphatic carbocycles. The Morgan fingerprint density at radius 2 is 1.73 bits per heavy atom. The van der Waals surface area contributed by atoms with Crippen LogP contribution in [0.2, 0.25) is 0 Å². The number of hydrogen-bond acceptors (Lipinski definition) is 8. The van der Waals surface area contributed by atoms with Gasteiger partial charge in [0.15, 0.2) is 23.0 Å². The molecule has 0 bridgehead atoms. The molecule has 30 heavy (non-hydrogen) atoms. The highest BCUT2D eigenvalue weighted by Crippen LogP contribution is 2.32.